The van der Waals surface area contributed by atoms with Crippen LogP contribution in [0.3, 0.4) is 0 Å². The van der Waals surface area contributed by atoms with E-state index >= 15 is 0 Å². The molecule has 2 N–H and O–H groups in total. The molecular weight excluding hydrogens is 321 g/mol. The first-order valence-corrected chi connectivity index (χ1v) is 6.45. The molecule has 1 heterocycles. The number of hydrogen-bond acceptors (Lipinski definition) is 4. The number of aromatic nitrogens is 2. The van der Waals surface area contributed by atoms with Gasteiger partial charge in [0, 0.05) is 11.0 Å². The summed E-state index contributed by atoms with van der Waals surface area (Å²) in [6.45, 7) is 1.07. The molecule has 0 radical (unpaired) electrons. The van der Waals surface area contributed by atoms with Crippen molar-refractivity contribution >= 4 is 38.4 Å². The molecule has 0 spiro atoms. The quantitative estimate of drug-likeness (QED) is 0.840. The second-order valence-corrected chi connectivity index (χ2v) is 4.81. The fourth-order valence-electron chi connectivity index (χ4n) is 1.53. The first-order valence-electron chi connectivity index (χ1n) is 5.28. The van der Waals surface area contributed by atoms with Crippen LogP contribution in [0.1, 0.15) is 0 Å². The van der Waals surface area contributed by atoms with E-state index in [2.05, 4.69) is 31.2 Å². The molecule has 0 aliphatic carbocycles. The zero-order chi connectivity index (χ0) is 13.1. The van der Waals surface area contributed by atoms with Crippen LogP contribution in [0.15, 0.2) is 21.7 Å². The van der Waals surface area contributed by atoms with E-state index < -0.39 is 0 Å². The Morgan fingerprint density at radius 2 is 2.39 bits per heavy atom. The number of fused-ring (bicyclic) bond motifs is 1. The van der Waals surface area contributed by atoms with Crippen molar-refractivity contribution in [3.8, 4) is 5.75 Å². The summed E-state index contributed by atoms with van der Waals surface area (Å²) in [5, 5.41) is 3.69. The van der Waals surface area contributed by atoms with E-state index in [1.807, 2.05) is 7.05 Å². The predicted molar refractivity (Wildman–Crippen MR) is 74.5 cm³/mol. The molecule has 0 aliphatic heterocycles. The fourth-order valence-corrected chi connectivity index (χ4v) is 2.14. The molecule has 7 heteroatoms. The summed E-state index contributed by atoms with van der Waals surface area (Å²) >= 11 is 9.47. The van der Waals surface area contributed by atoms with E-state index in [0.717, 1.165) is 0 Å². The van der Waals surface area contributed by atoms with E-state index in [4.69, 9.17) is 16.3 Å². The normalized spacial score (nSPS) is 10.8. The van der Waals surface area contributed by atoms with Crippen molar-refractivity contribution in [1.82, 2.24) is 15.3 Å². The highest BCUT2D eigenvalue weighted by atomic mass is 79.9. The number of nitrogens with zero attached hydrogens (tertiary/aromatic N) is 1. The second kappa shape index (κ2) is 5.69. The third kappa shape index (κ3) is 2.50. The Labute approximate surface area is 117 Å². The number of aromatic amines is 1. The van der Waals surface area contributed by atoms with Gasteiger partial charge < -0.3 is 15.0 Å². The predicted octanol–water partition coefficient (Wildman–Crippen LogP) is 1.94. The first-order chi connectivity index (χ1) is 8.65. The van der Waals surface area contributed by atoms with E-state index in [0.29, 0.717) is 39.3 Å². The van der Waals surface area contributed by atoms with Crippen LogP contribution in [0.25, 0.3) is 10.9 Å². The lowest BCUT2D eigenvalue weighted by Gasteiger charge is -2.11. The Bertz CT molecular complexity index is 629. The summed E-state index contributed by atoms with van der Waals surface area (Å²) in [5.41, 5.74) is 0.267. The summed E-state index contributed by atoms with van der Waals surface area (Å²) in [4.78, 5) is 18.4. The Balaban J connectivity index is 2.60. The summed E-state index contributed by atoms with van der Waals surface area (Å²) in [5.74, 6) is 0.352. The average Bonchev–Trinajstić information content (AvgIpc) is 2.34. The molecule has 0 unspecified atom stereocenters. The molecule has 2 aromatic rings. The average molecular weight is 333 g/mol. The number of likely N-dealkylation sites (N-methyl/N-ethyl adjacent to an activating group) is 1. The molecule has 0 saturated heterocycles. The van der Waals surface area contributed by atoms with Gasteiger partial charge in [0.25, 0.3) is 5.56 Å². The standard InChI is InChI=1S/C11H11BrClN3O2/c1-14-2-3-18-10-8-7(4-6(12)9(10)13)15-5-16-11(8)17/h4-5,14H,2-3H2,1H3,(H,15,16,17). The monoisotopic (exact) mass is 331 g/mol. The van der Waals surface area contributed by atoms with Crippen molar-refractivity contribution in [2.45, 2.75) is 0 Å². The van der Waals surface area contributed by atoms with E-state index in [1.165, 1.54) is 6.33 Å². The summed E-state index contributed by atoms with van der Waals surface area (Å²) in [6.07, 6.45) is 1.35. The lowest BCUT2D eigenvalue weighted by Crippen LogP contribution is -2.17. The highest BCUT2D eigenvalue weighted by Crippen LogP contribution is 2.36. The van der Waals surface area contributed by atoms with Gasteiger partial charge in [0.15, 0.2) is 5.75 Å². The zero-order valence-corrected chi connectivity index (χ0v) is 11.9. The van der Waals surface area contributed by atoms with Crippen LogP contribution >= 0.6 is 27.5 Å². The summed E-state index contributed by atoms with van der Waals surface area (Å²) in [7, 11) is 1.82. The minimum absolute atomic E-state index is 0.270. The Morgan fingerprint density at radius 1 is 1.61 bits per heavy atom. The topological polar surface area (TPSA) is 67.0 Å². The molecule has 2 rings (SSSR count). The lowest BCUT2D eigenvalue weighted by atomic mass is 10.2. The number of hydrogen-bond donors (Lipinski definition) is 2. The highest BCUT2D eigenvalue weighted by Gasteiger charge is 2.15. The Morgan fingerprint density at radius 3 is 3.11 bits per heavy atom. The molecule has 0 saturated carbocycles. The molecule has 5 nitrogen and oxygen atoms in total. The van der Waals surface area contributed by atoms with Crippen molar-refractivity contribution in [3.63, 3.8) is 0 Å². The second-order valence-electron chi connectivity index (χ2n) is 3.58. The maximum atomic E-state index is 11.8. The van der Waals surface area contributed by atoms with Gasteiger partial charge in [0.1, 0.15) is 12.0 Å². The van der Waals surface area contributed by atoms with Gasteiger partial charge in [0.2, 0.25) is 0 Å². The van der Waals surface area contributed by atoms with Crippen molar-refractivity contribution in [2.24, 2.45) is 0 Å². The van der Waals surface area contributed by atoms with Crippen LogP contribution in [0.4, 0.5) is 0 Å². The molecule has 1 aromatic heterocycles. The van der Waals surface area contributed by atoms with Gasteiger partial charge in [-0.25, -0.2) is 4.98 Å². The zero-order valence-electron chi connectivity index (χ0n) is 9.59. The van der Waals surface area contributed by atoms with Crippen molar-refractivity contribution < 1.29 is 4.74 Å². The van der Waals surface area contributed by atoms with Gasteiger partial charge in [-0.05, 0) is 29.0 Å². The minimum Gasteiger partial charge on any atom is -0.490 e. The number of rotatable bonds is 4. The largest absolute Gasteiger partial charge is 0.490 e. The Hall–Kier alpha value is -1.11. The minimum atomic E-state index is -0.270. The lowest BCUT2D eigenvalue weighted by molar-refractivity contribution is 0.322. The molecule has 1 aromatic carbocycles. The molecule has 18 heavy (non-hydrogen) atoms. The van der Waals surface area contributed by atoms with Crippen molar-refractivity contribution in [2.75, 3.05) is 20.2 Å². The maximum absolute atomic E-state index is 11.8. The smallest absolute Gasteiger partial charge is 0.262 e. The van der Waals surface area contributed by atoms with Crippen LogP contribution < -0.4 is 15.6 Å². The van der Waals surface area contributed by atoms with Crippen LogP contribution in [0.5, 0.6) is 5.75 Å². The molecule has 0 amide bonds. The van der Waals surface area contributed by atoms with Crippen LogP contribution in [-0.4, -0.2) is 30.2 Å². The molecular formula is C11H11BrClN3O2. The summed E-state index contributed by atoms with van der Waals surface area (Å²) < 4.78 is 6.22. The van der Waals surface area contributed by atoms with Crippen molar-refractivity contribution in [3.05, 3.63) is 32.2 Å². The number of H-pyrrole nitrogens is 1. The Kier molecular flexibility index (Phi) is 4.21. The van der Waals surface area contributed by atoms with Gasteiger partial charge in [-0.15, -0.1) is 0 Å². The van der Waals surface area contributed by atoms with E-state index in [1.54, 1.807) is 6.07 Å². The van der Waals surface area contributed by atoms with Crippen molar-refractivity contribution in [1.29, 1.82) is 0 Å². The summed E-state index contributed by atoms with van der Waals surface area (Å²) in [6, 6.07) is 1.69. The molecule has 0 aliphatic rings. The molecule has 0 atom stereocenters. The van der Waals surface area contributed by atoms with E-state index in [9.17, 15) is 4.79 Å². The van der Waals surface area contributed by atoms with Crippen LogP contribution in [-0.2, 0) is 0 Å². The van der Waals surface area contributed by atoms with Crippen LogP contribution in [0, 0.1) is 0 Å². The first kappa shape index (κ1) is 13.3. The van der Waals surface area contributed by atoms with Gasteiger partial charge in [-0.2, -0.15) is 0 Å². The maximum Gasteiger partial charge on any atom is 0.262 e. The molecule has 0 fully saturated rings. The number of benzene rings is 1. The third-order valence-corrected chi connectivity index (χ3v) is 3.61. The van der Waals surface area contributed by atoms with Gasteiger partial charge in [-0.3, -0.25) is 4.79 Å². The number of nitrogens with one attached hydrogen (secondary N) is 2. The molecule has 0 bridgehead atoms. The number of ether oxygens (including phenoxy) is 1. The fraction of sp³-hybridized carbons (Fsp3) is 0.273. The van der Waals surface area contributed by atoms with Gasteiger partial charge in [0.05, 0.1) is 16.9 Å². The van der Waals surface area contributed by atoms with Crippen LogP contribution in [0.2, 0.25) is 5.02 Å². The SMILES string of the molecule is CNCCOc1c(Cl)c(Br)cc2nc[nH]c(=O)c12. The van der Waals surface area contributed by atoms with Gasteiger partial charge in [-0.1, -0.05) is 11.6 Å². The number of halogens is 2. The van der Waals surface area contributed by atoms with E-state index in [-0.39, 0.29) is 5.56 Å². The molecule has 96 valence electrons. The van der Waals surface area contributed by atoms with Gasteiger partial charge >= 0.3 is 0 Å². The highest BCUT2D eigenvalue weighted by molar-refractivity contribution is 9.10. The third-order valence-electron chi connectivity index (χ3n) is 2.38.